The number of benzene rings is 3. The van der Waals surface area contributed by atoms with Crippen molar-refractivity contribution in [2.45, 2.75) is 25.6 Å². The van der Waals surface area contributed by atoms with Gasteiger partial charge < -0.3 is 24.8 Å². The number of rotatable bonds is 6. The number of hydrogen-bond acceptors (Lipinski definition) is 5. The van der Waals surface area contributed by atoms with E-state index in [0.29, 0.717) is 34.7 Å². The largest absolute Gasteiger partial charge is 0.497 e. The molecule has 1 fully saturated rings. The Morgan fingerprint density at radius 3 is 2.54 bits per heavy atom. The molecule has 180 valence electrons. The van der Waals surface area contributed by atoms with Crippen LogP contribution in [0.5, 0.6) is 17.2 Å². The monoisotopic (exact) mass is 489 g/mol. The Hall–Kier alpha value is -3.78. The molecule has 0 spiro atoms. The van der Waals surface area contributed by atoms with Crippen molar-refractivity contribution in [1.82, 2.24) is 5.32 Å². The third kappa shape index (κ3) is 3.93. The van der Waals surface area contributed by atoms with Gasteiger partial charge >= 0.3 is 0 Å². The fourth-order valence-corrected chi connectivity index (χ4v) is 5.31. The number of carbonyl (C=O) groups is 1. The molecule has 5 rings (SSSR count). The van der Waals surface area contributed by atoms with Crippen LogP contribution in [0.3, 0.4) is 0 Å². The summed E-state index contributed by atoms with van der Waals surface area (Å²) in [4.78, 5) is 15.8. The van der Waals surface area contributed by atoms with Gasteiger partial charge in [0, 0.05) is 16.9 Å². The van der Waals surface area contributed by atoms with Crippen molar-refractivity contribution in [1.29, 1.82) is 0 Å². The molecule has 1 saturated heterocycles. The van der Waals surface area contributed by atoms with Gasteiger partial charge in [0.15, 0.2) is 22.3 Å². The van der Waals surface area contributed by atoms with Crippen molar-refractivity contribution in [3.05, 3.63) is 78.4 Å². The van der Waals surface area contributed by atoms with Gasteiger partial charge in [-0.3, -0.25) is 9.69 Å². The Bertz CT molecular complexity index is 1250. The van der Waals surface area contributed by atoms with Gasteiger partial charge in [0.2, 0.25) is 5.91 Å². The fourth-order valence-electron chi connectivity index (χ4n) is 4.90. The van der Waals surface area contributed by atoms with Gasteiger partial charge in [0.05, 0.1) is 19.8 Å². The molecule has 0 radical (unpaired) electrons. The van der Waals surface area contributed by atoms with Crippen molar-refractivity contribution in [2.24, 2.45) is 5.92 Å². The van der Waals surface area contributed by atoms with E-state index in [1.807, 2.05) is 91.5 Å². The first-order valence-electron chi connectivity index (χ1n) is 11.5. The summed E-state index contributed by atoms with van der Waals surface area (Å²) < 4.78 is 17.8. The molecule has 1 amide bonds. The summed E-state index contributed by atoms with van der Waals surface area (Å²) in [6, 6.07) is 22.3. The zero-order valence-corrected chi connectivity index (χ0v) is 20.6. The Morgan fingerprint density at radius 1 is 1.11 bits per heavy atom. The quantitative estimate of drug-likeness (QED) is 0.478. The smallest absolute Gasteiger partial charge is 0.236 e. The summed E-state index contributed by atoms with van der Waals surface area (Å²) in [6.45, 7) is 4.33. The highest BCUT2D eigenvalue weighted by Crippen LogP contribution is 2.52. The second-order valence-electron chi connectivity index (χ2n) is 8.56. The van der Waals surface area contributed by atoms with E-state index in [1.165, 1.54) is 0 Å². The summed E-state index contributed by atoms with van der Waals surface area (Å²) >= 11 is 5.80. The molecule has 2 N–H and O–H groups in total. The molecule has 0 saturated carbocycles. The van der Waals surface area contributed by atoms with Crippen molar-refractivity contribution in [3.63, 3.8) is 0 Å². The van der Waals surface area contributed by atoms with Crippen LogP contribution >= 0.6 is 12.2 Å². The number of para-hydroxylation sites is 2. The van der Waals surface area contributed by atoms with Crippen LogP contribution in [0.15, 0.2) is 72.8 Å². The predicted octanol–water partition coefficient (Wildman–Crippen LogP) is 4.89. The Labute approximate surface area is 210 Å². The number of anilines is 2. The number of carbonyl (C=O) groups excluding carboxylic acids is 1. The maximum absolute atomic E-state index is 13.9. The molecule has 3 aromatic rings. The van der Waals surface area contributed by atoms with Gasteiger partial charge in [-0.2, -0.15) is 0 Å². The number of thiocarbonyl (C=S) groups is 1. The van der Waals surface area contributed by atoms with E-state index in [-0.39, 0.29) is 5.91 Å². The standard InChI is InChI=1S/C27H27N3O4S/c1-4-33-21-12-8-11-20-23-22(25(31)28-17-13-15-19(32-3)16-14-17)27(2,34-24(20)21)30(26(35)29-23)18-9-6-5-7-10-18/h5-16,22-23H,4H2,1-3H3,(H,28,31)(H,29,35)/t22-,23+,27+/m1/s1. The lowest BCUT2D eigenvalue weighted by molar-refractivity contribution is -0.130. The van der Waals surface area contributed by atoms with E-state index in [2.05, 4.69) is 10.6 Å². The zero-order chi connectivity index (χ0) is 24.6. The summed E-state index contributed by atoms with van der Waals surface area (Å²) in [5.74, 6) is 1.14. The van der Waals surface area contributed by atoms with Crippen LogP contribution in [-0.2, 0) is 4.79 Å². The molecular formula is C27H27N3O4S. The van der Waals surface area contributed by atoms with Gasteiger partial charge in [0.1, 0.15) is 11.7 Å². The SMILES string of the molecule is CCOc1cccc2c1O[C@@]1(C)[C@@H](C(=O)Nc3ccc(OC)cc3)[C@H]2NC(=S)N1c1ccccc1. The highest BCUT2D eigenvalue weighted by atomic mass is 32.1. The van der Waals surface area contributed by atoms with Crippen LogP contribution in [0.25, 0.3) is 0 Å². The van der Waals surface area contributed by atoms with Crippen LogP contribution in [0.4, 0.5) is 11.4 Å². The lowest BCUT2D eigenvalue weighted by Crippen LogP contribution is -2.72. The molecule has 7 nitrogen and oxygen atoms in total. The Balaban J connectivity index is 1.61. The number of methoxy groups -OCH3 is 1. The maximum Gasteiger partial charge on any atom is 0.236 e. The average molecular weight is 490 g/mol. The van der Waals surface area contributed by atoms with Crippen LogP contribution in [0.1, 0.15) is 25.5 Å². The minimum Gasteiger partial charge on any atom is -0.497 e. The summed E-state index contributed by atoms with van der Waals surface area (Å²) in [5.41, 5.74) is 1.20. The molecule has 2 aliphatic rings. The van der Waals surface area contributed by atoms with Crippen LogP contribution in [-0.4, -0.2) is 30.5 Å². The van der Waals surface area contributed by atoms with E-state index >= 15 is 0 Å². The Kier molecular flexibility index (Phi) is 5.98. The highest BCUT2D eigenvalue weighted by molar-refractivity contribution is 7.80. The molecule has 3 atom stereocenters. The van der Waals surface area contributed by atoms with Crippen molar-refractivity contribution in [2.75, 3.05) is 23.9 Å². The van der Waals surface area contributed by atoms with Crippen LogP contribution in [0.2, 0.25) is 0 Å². The highest BCUT2D eigenvalue weighted by Gasteiger charge is 2.59. The summed E-state index contributed by atoms with van der Waals surface area (Å²) in [5, 5.41) is 6.97. The van der Waals surface area contributed by atoms with Crippen molar-refractivity contribution < 1.29 is 19.0 Å². The van der Waals surface area contributed by atoms with E-state index in [4.69, 9.17) is 26.4 Å². The molecule has 0 aromatic heterocycles. The third-order valence-corrected chi connectivity index (χ3v) is 6.74. The van der Waals surface area contributed by atoms with E-state index in [1.54, 1.807) is 7.11 Å². The van der Waals surface area contributed by atoms with E-state index in [9.17, 15) is 4.79 Å². The van der Waals surface area contributed by atoms with Gasteiger partial charge in [-0.15, -0.1) is 0 Å². The number of nitrogens with zero attached hydrogens (tertiary/aromatic N) is 1. The third-order valence-electron chi connectivity index (χ3n) is 6.44. The fraction of sp³-hybridized carbons (Fsp3) is 0.259. The minimum atomic E-state index is -1.12. The van der Waals surface area contributed by atoms with Crippen molar-refractivity contribution in [3.8, 4) is 17.2 Å². The first-order valence-corrected chi connectivity index (χ1v) is 11.9. The van der Waals surface area contributed by atoms with Gasteiger partial charge in [-0.1, -0.05) is 30.3 Å². The Morgan fingerprint density at radius 2 is 1.86 bits per heavy atom. The van der Waals surface area contributed by atoms with Gasteiger partial charge in [-0.05, 0) is 68.5 Å². The number of hydrogen-bond donors (Lipinski definition) is 2. The summed E-state index contributed by atoms with van der Waals surface area (Å²) in [6.07, 6.45) is 0. The predicted molar refractivity (Wildman–Crippen MR) is 139 cm³/mol. The van der Waals surface area contributed by atoms with Crippen LogP contribution < -0.4 is 29.7 Å². The number of fused-ring (bicyclic) bond motifs is 4. The molecule has 35 heavy (non-hydrogen) atoms. The molecule has 0 unspecified atom stereocenters. The summed E-state index contributed by atoms with van der Waals surface area (Å²) in [7, 11) is 1.61. The lowest BCUT2D eigenvalue weighted by atomic mass is 9.78. The van der Waals surface area contributed by atoms with E-state index < -0.39 is 17.7 Å². The van der Waals surface area contributed by atoms with Gasteiger partial charge in [0.25, 0.3) is 0 Å². The average Bonchev–Trinajstić information content (AvgIpc) is 2.85. The normalized spacial score (nSPS) is 22.4. The second kappa shape index (κ2) is 9.11. The first kappa shape index (κ1) is 23.0. The molecule has 3 aromatic carbocycles. The van der Waals surface area contributed by atoms with Crippen molar-refractivity contribution >= 4 is 34.6 Å². The lowest BCUT2D eigenvalue weighted by Gasteiger charge is -2.56. The maximum atomic E-state index is 13.9. The molecule has 2 aliphatic heterocycles. The molecule has 2 heterocycles. The molecule has 0 aliphatic carbocycles. The number of nitrogens with one attached hydrogen (secondary N) is 2. The molecule has 8 heteroatoms. The zero-order valence-electron chi connectivity index (χ0n) is 19.8. The van der Waals surface area contributed by atoms with Crippen LogP contribution in [0, 0.1) is 5.92 Å². The van der Waals surface area contributed by atoms with E-state index in [0.717, 1.165) is 11.3 Å². The molecular weight excluding hydrogens is 462 g/mol. The van der Waals surface area contributed by atoms with Gasteiger partial charge in [-0.25, -0.2) is 0 Å². The molecule has 2 bridgehead atoms. The number of ether oxygens (including phenoxy) is 3. The first-order chi connectivity index (χ1) is 17.0. The topological polar surface area (TPSA) is 72.1 Å². The second-order valence-corrected chi connectivity index (χ2v) is 8.94. The number of amides is 1. The minimum absolute atomic E-state index is 0.189.